The van der Waals surface area contributed by atoms with Crippen molar-refractivity contribution in [2.24, 2.45) is 5.73 Å². The van der Waals surface area contributed by atoms with Gasteiger partial charge in [0.15, 0.2) is 0 Å². The van der Waals surface area contributed by atoms with Crippen molar-refractivity contribution < 1.29 is 9.90 Å². The van der Waals surface area contributed by atoms with Gasteiger partial charge in [-0.05, 0) is 24.5 Å². The second kappa shape index (κ2) is 5.70. The van der Waals surface area contributed by atoms with Crippen LogP contribution in [0.15, 0.2) is 6.07 Å². The van der Waals surface area contributed by atoms with Crippen molar-refractivity contribution in [1.29, 1.82) is 0 Å². The molecule has 0 aliphatic carbocycles. The number of nitrogens with two attached hydrogens (primary N) is 1. The number of hydrogen-bond acceptors (Lipinski definition) is 3. The van der Waals surface area contributed by atoms with E-state index in [2.05, 4.69) is 0 Å². The predicted octanol–water partition coefficient (Wildman–Crippen LogP) is 3.31. The lowest BCUT2D eigenvalue weighted by Crippen LogP contribution is -2.10. The lowest BCUT2D eigenvalue weighted by atomic mass is 10.1. The minimum absolute atomic E-state index is 0.128. The number of carboxylic acid groups (broad SMARTS) is 1. The van der Waals surface area contributed by atoms with Gasteiger partial charge in [-0.1, -0.05) is 23.2 Å². The normalized spacial score (nSPS) is 12.7. The van der Waals surface area contributed by atoms with Crippen LogP contribution < -0.4 is 5.73 Å². The highest BCUT2D eigenvalue weighted by Crippen LogP contribution is 2.35. The van der Waals surface area contributed by atoms with E-state index in [1.165, 1.54) is 11.3 Å². The summed E-state index contributed by atoms with van der Waals surface area (Å²) in [5.74, 6) is -0.809. The van der Waals surface area contributed by atoms with Gasteiger partial charge in [-0.25, -0.2) is 0 Å². The first kappa shape index (κ1) is 12.8. The number of carbonyl (C=O) groups is 1. The van der Waals surface area contributed by atoms with Gasteiger partial charge in [0.2, 0.25) is 0 Å². The molecular weight excluding hydrogens is 257 g/mol. The molecule has 1 atom stereocenters. The lowest BCUT2D eigenvalue weighted by molar-refractivity contribution is -0.137. The molecule has 15 heavy (non-hydrogen) atoms. The summed E-state index contributed by atoms with van der Waals surface area (Å²) >= 11 is 13.0. The minimum Gasteiger partial charge on any atom is -0.481 e. The summed E-state index contributed by atoms with van der Waals surface area (Å²) in [5, 5.41) is 8.47. The van der Waals surface area contributed by atoms with Crippen LogP contribution in [0.1, 0.15) is 30.9 Å². The molecule has 0 aromatic carbocycles. The molecule has 0 saturated carbocycles. The van der Waals surface area contributed by atoms with Gasteiger partial charge in [0.05, 0.1) is 8.67 Å². The van der Waals surface area contributed by atoms with E-state index >= 15 is 0 Å². The fraction of sp³-hybridized carbons (Fsp3) is 0.444. The molecule has 1 unspecified atom stereocenters. The van der Waals surface area contributed by atoms with Crippen LogP contribution in [0.5, 0.6) is 0 Å². The molecule has 1 rings (SSSR count). The Morgan fingerprint density at radius 3 is 2.73 bits per heavy atom. The van der Waals surface area contributed by atoms with Crippen molar-refractivity contribution in [2.45, 2.75) is 25.3 Å². The van der Waals surface area contributed by atoms with Crippen molar-refractivity contribution in [3.05, 3.63) is 20.3 Å². The Labute approximate surface area is 102 Å². The van der Waals surface area contributed by atoms with Gasteiger partial charge in [-0.3, -0.25) is 4.79 Å². The fourth-order valence-electron chi connectivity index (χ4n) is 1.23. The van der Waals surface area contributed by atoms with E-state index < -0.39 is 5.97 Å². The van der Waals surface area contributed by atoms with Crippen LogP contribution in [-0.2, 0) is 4.79 Å². The van der Waals surface area contributed by atoms with Gasteiger partial charge in [0.25, 0.3) is 0 Å². The predicted molar refractivity (Wildman–Crippen MR) is 62.8 cm³/mol. The number of carboxylic acids is 1. The molecule has 84 valence electrons. The van der Waals surface area contributed by atoms with Crippen LogP contribution in [0.4, 0.5) is 0 Å². The topological polar surface area (TPSA) is 63.3 Å². The van der Waals surface area contributed by atoms with E-state index in [0.29, 0.717) is 21.5 Å². The zero-order valence-corrected chi connectivity index (χ0v) is 10.2. The molecule has 1 aromatic heterocycles. The quantitative estimate of drug-likeness (QED) is 0.861. The number of aliphatic carboxylic acids is 1. The highest BCUT2D eigenvalue weighted by atomic mass is 35.5. The van der Waals surface area contributed by atoms with E-state index in [1.54, 1.807) is 6.07 Å². The van der Waals surface area contributed by atoms with Crippen LogP contribution in [0.3, 0.4) is 0 Å². The molecule has 0 radical (unpaired) electrons. The van der Waals surface area contributed by atoms with Crippen molar-refractivity contribution in [1.82, 2.24) is 0 Å². The third-order valence-electron chi connectivity index (χ3n) is 1.99. The molecular formula is C9H11Cl2NO2S. The third-order valence-corrected chi connectivity index (χ3v) is 3.51. The number of rotatable bonds is 5. The standard InChI is InChI=1S/C9H11Cl2NO2S/c10-7-4-5(9(11)15-7)6(12)2-1-3-8(13)14/h4,6H,1-3,12H2,(H,13,14). The monoisotopic (exact) mass is 267 g/mol. The van der Waals surface area contributed by atoms with Crippen LogP contribution >= 0.6 is 34.5 Å². The first-order valence-electron chi connectivity index (χ1n) is 4.43. The lowest BCUT2D eigenvalue weighted by Gasteiger charge is -2.09. The molecule has 0 amide bonds. The first-order chi connectivity index (χ1) is 7.00. The summed E-state index contributed by atoms with van der Waals surface area (Å²) in [4.78, 5) is 10.3. The Morgan fingerprint density at radius 1 is 1.60 bits per heavy atom. The Hall–Kier alpha value is -0.290. The smallest absolute Gasteiger partial charge is 0.303 e. The minimum atomic E-state index is -0.809. The molecule has 1 aromatic rings. The van der Waals surface area contributed by atoms with Crippen molar-refractivity contribution in [3.63, 3.8) is 0 Å². The maximum absolute atomic E-state index is 10.3. The van der Waals surface area contributed by atoms with Gasteiger partial charge in [0.1, 0.15) is 0 Å². The third kappa shape index (κ3) is 3.99. The van der Waals surface area contributed by atoms with Gasteiger partial charge >= 0.3 is 5.97 Å². The average Bonchev–Trinajstić information content (AvgIpc) is 2.44. The van der Waals surface area contributed by atoms with E-state index in [1.807, 2.05) is 0 Å². The highest BCUT2D eigenvalue weighted by molar-refractivity contribution is 7.20. The maximum atomic E-state index is 10.3. The van der Waals surface area contributed by atoms with Crippen molar-refractivity contribution in [2.75, 3.05) is 0 Å². The molecule has 6 heteroatoms. The fourth-order valence-corrected chi connectivity index (χ4v) is 2.83. The van der Waals surface area contributed by atoms with Gasteiger partial charge < -0.3 is 10.8 Å². The van der Waals surface area contributed by atoms with Gasteiger partial charge in [-0.15, -0.1) is 11.3 Å². The molecule has 0 fully saturated rings. The number of halogens is 2. The van der Waals surface area contributed by atoms with Crippen LogP contribution in [0.2, 0.25) is 8.67 Å². The Bertz CT molecular complexity index is 354. The van der Waals surface area contributed by atoms with E-state index in [0.717, 1.165) is 5.56 Å². The Balaban J connectivity index is 2.50. The zero-order chi connectivity index (χ0) is 11.4. The average molecular weight is 268 g/mol. The number of thiophene rings is 1. The van der Waals surface area contributed by atoms with Crippen molar-refractivity contribution in [3.8, 4) is 0 Å². The SMILES string of the molecule is NC(CCCC(=O)O)c1cc(Cl)sc1Cl. The van der Waals surface area contributed by atoms with Crippen molar-refractivity contribution >= 4 is 40.5 Å². The Morgan fingerprint density at radius 2 is 2.27 bits per heavy atom. The molecule has 0 saturated heterocycles. The van der Waals surface area contributed by atoms with E-state index in [9.17, 15) is 4.79 Å². The maximum Gasteiger partial charge on any atom is 0.303 e. The van der Waals surface area contributed by atoms with Crippen LogP contribution in [0, 0.1) is 0 Å². The van der Waals surface area contributed by atoms with E-state index in [4.69, 9.17) is 34.0 Å². The molecule has 0 aliphatic rings. The van der Waals surface area contributed by atoms with Gasteiger partial charge in [0, 0.05) is 12.5 Å². The number of hydrogen-bond donors (Lipinski definition) is 2. The Kier molecular flexibility index (Phi) is 4.86. The molecule has 3 nitrogen and oxygen atoms in total. The van der Waals surface area contributed by atoms with E-state index in [-0.39, 0.29) is 12.5 Å². The summed E-state index contributed by atoms with van der Waals surface area (Å²) in [7, 11) is 0. The first-order valence-corrected chi connectivity index (χ1v) is 6.00. The largest absolute Gasteiger partial charge is 0.481 e. The zero-order valence-electron chi connectivity index (χ0n) is 7.87. The summed E-state index contributed by atoms with van der Waals surface area (Å²) in [6.07, 6.45) is 1.27. The summed E-state index contributed by atoms with van der Waals surface area (Å²) in [6.45, 7) is 0. The second-order valence-corrected chi connectivity index (χ2v) is 5.46. The summed E-state index contributed by atoms with van der Waals surface area (Å²) < 4.78 is 1.19. The molecule has 0 spiro atoms. The van der Waals surface area contributed by atoms with Crippen LogP contribution in [0.25, 0.3) is 0 Å². The van der Waals surface area contributed by atoms with Crippen LogP contribution in [-0.4, -0.2) is 11.1 Å². The molecule has 1 heterocycles. The van der Waals surface area contributed by atoms with Gasteiger partial charge in [-0.2, -0.15) is 0 Å². The second-order valence-electron chi connectivity index (χ2n) is 3.17. The summed E-state index contributed by atoms with van der Waals surface area (Å²) in [5.41, 5.74) is 6.67. The molecule has 0 aliphatic heterocycles. The summed E-state index contributed by atoms with van der Waals surface area (Å²) in [6, 6.07) is 1.50. The molecule has 0 bridgehead atoms. The highest BCUT2D eigenvalue weighted by Gasteiger charge is 2.13. The molecule has 3 N–H and O–H groups in total.